The van der Waals surface area contributed by atoms with Crippen molar-refractivity contribution in [1.29, 1.82) is 0 Å². The number of aromatic nitrogens is 4. The molecule has 0 saturated heterocycles. The summed E-state index contributed by atoms with van der Waals surface area (Å²) in [4.78, 5) is 11.0. The molecule has 94 valence electrons. The summed E-state index contributed by atoms with van der Waals surface area (Å²) in [6, 6.07) is 6.95. The van der Waals surface area contributed by atoms with E-state index in [1.807, 2.05) is 12.1 Å². The van der Waals surface area contributed by atoms with E-state index in [0.717, 1.165) is 5.69 Å². The number of nitrogens with one attached hydrogen (secondary N) is 1. The normalized spacial score (nSPS) is 12.2. The zero-order chi connectivity index (χ0) is 13.1. The van der Waals surface area contributed by atoms with Gasteiger partial charge in [0.1, 0.15) is 0 Å². The van der Waals surface area contributed by atoms with E-state index in [9.17, 15) is 4.79 Å². The van der Waals surface area contributed by atoms with Gasteiger partial charge in [0, 0.05) is 12.6 Å². The fourth-order valence-electron chi connectivity index (χ4n) is 1.58. The van der Waals surface area contributed by atoms with E-state index in [2.05, 4.69) is 20.8 Å². The van der Waals surface area contributed by atoms with Gasteiger partial charge in [-0.2, -0.15) is 4.68 Å². The highest BCUT2D eigenvalue weighted by Crippen LogP contribution is 2.16. The fourth-order valence-corrected chi connectivity index (χ4v) is 1.58. The van der Waals surface area contributed by atoms with E-state index < -0.39 is 0 Å². The number of carbonyl (C=O) groups is 1. The number of carbonyl (C=O) groups excluding carboxylic acids is 1. The molecule has 1 amide bonds. The van der Waals surface area contributed by atoms with E-state index in [1.54, 1.807) is 23.7 Å². The first-order valence-corrected chi connectivity index (χ1v) is 5.50. The zero-order valence-electron chi connectivity index (χ0n) is 10.2. The lowest BCUT2D eigenvalue weighted by Gasteiger charge is -2.08. The number of nitrogens with zero attached hydrogens (tertiary/aromatic N) is 4. The maximum Gasteiger partial charge on any atom is 0.221 e. The zero-order valence-corrected chi connectivity index (χ0v) is 10.2. The third kappa shape index (κ3) is 2.51. The van der Waals surface area contributed by atoms with Crippen LogP contribution in [0, 0.1) is 0 Å². The minimum absolute atomic E-state index is 0.128. The van der Waals surface area contributed by atoms with Crippen molar-refractivity contribution >= 4 is 11.6 Å². The van der Waals surface area contributed by atoms with Crippen molar-refractivity contribution in [2.75, 3.05) is 5.32 Å². The molecule has 1 atom stereocenters. The van der Waals surface area contributed by atoms with Crippen molar-refractivity contribution in [3.8, 4) is 5.69 Å². The predicted octanol–water partition coefficient (Wildman–Crippen LogP) is 0.640. The summed E-state index contributed by atoms with van der Waals surface area (Å²) >= 11 is 0. The van der Waals surface area contributed by atoms with Gasteiger partial charge in [-0.15, -0.1) is 5.10 Å². The third-order valence-electron chi connectivity index (χ3n) is 2.31. The second kappa shape index (κ2) is 4.92. The summed E-state index contributed by atoms with van der Waals surface area (Å²) < 4.78 is 1.55. The summed E-state index contributed by atoms with van der Waals surface area (Å²) in [6.07, 6.45) is 0. The van der Waals surface area contributed by atoms with Crippen LogP contribution in [0.5, 0.6) is 0 Å². The van der Waals surface area contributed by atoms with Crippen LogP contribution in [0.15, 0.2) is 24.3 Å². The first-order chi connectivity index (χ1) is 8.58. The Labute approximate surface area is 104 Å². The molecule has 0 bridgehead atoms. The fraction of sp³-hybridized carbons (Fsp3) is 0.273. The maximum atomic E-state index is 11.0. The van der Waals surface area contributed by atoms with Crippen molar-refractivity contribution in [2.24, 2.45) is 5.73 Å². The molecule has 1 aromatic carbocycles. The van der Waals surface area contributed by atoms with Gasteiger partial charge in [-0.3, -0.25) is 4.79 Å². The standard InChI is InChI=1S/C11H14N6O/c1-7(12)11-14-15-16-17(11)10-5-3-4-9(6-10)13-8(2)18/h3-7H,12H2,1-2H3,(H,13,18). The molecule has 0 aliphatic rings. The van der Waals surface area contributed by atoms with Gasteiger partial charge in [-0.25, -0.2) is 0 Å². The van der Waals surface area contributed by atoms with Gasteiger partial charge in [0.15, 0.2) is 5.82 Å². The van der Waals surface area contributed by atoms with Crippen LogP contribution in [-0.2, 0) is 4.79 Å². The number of nitrogens with two attached hydrogens (primary N) is 1. The molecule has 0 spiro atoms. The number of rotatable bonds is 3. The highest BCUT2D eigenvalue weighted by atomic mass is 16.1. The Bertz CT molecular complexity index is 562. The maximum absolute atomic E-state index is 11.0. The molecule has 0 radical (unpaired) electrons. The van der Waals surface area contributed by atoms with Crippen LogP contribution in [-0.4, -0.2) is 26.1 Å². The number of benzene rings is 1. The highest BCUT2D eigenvalue weighted by Gasteiger charge is 2.12. The summed E-state index contributed by atoms with van der Waals surface area (Å²) in [7, 11) is 0. The quantitative estimate of drug-likeness (QED) is 0.828. The highest BCUT2D eigenvalue weighted by molar-refractivity contribution is 5.88. The van der Waals surface area contributed by atoms with Gasteiger partial charge in [0.05, 0.1) is 11.7 Å². The van der Waals surface area contributed by atoms with E-state index >= 15 is 0 Å². The summed E-state index contributed by atoms with van der Waals surface area (Å²) in [5, 5.41) is 14.1. The van der Waals surface area contributed by atoms with Crippen LogP contribution < -0.4 is 11.1 Å². The molecule has 0 aliphatic heterocycles. The van der Waals surface area contributed by atoms with Crippen molar-refractivity contribution in [3.63, 3.8) is 0 Å². The Morgan fingerprint density at radius 1 is 1.50 bits per heavy atom. The van der Waals surface area contributed by atoms with Crippen LogP contribution in [0.2, 0.25) is 0 Å². The number of hydrogen-bond donors (Lipinski definition) is 2. The van der Waals surface area contributed by atoms with Gasteiger partial charge in [0.2, 0.25) is 5.91 Å². The van der Waals surface area contributed by atoms with Gasteiger partial charge < -0.3 is 11.1 Å². The van der Waals surface area contributed by atoms with Crippen molar-refractivity contribution in [1.82, 2.24) is 20.2 Å². The number of tetrazole rings is 1. The lowest BCUT2D eigenvalue weighted by Crippen LogP contribution is -2.13. The van der Waals surface area contributed by atoms with Gasteiger partial charge >= 0.3 is 0 Å². The Hall–Kier alpha value is -2.28. The molecule has 2 rings (SSSR count). The SMILES string of the molecule is CC(=O)Nc1cccc(-n2nnnc2C(C)N)c1. The number of anilines is 1. The average Bonchev–Trinajstić information content (AvgIpc) is 2.77. The van der Waals surface area contributed by atoms with Gasteiger partial charge in [0.25, 0.3) is 0 Å². The van der Waals surface area contributed by atoms with Crippen LogP contribution in [0.1, 0.15) is 25.7 Å². The molecule has 0 aliphatic carbocycles. The Morgan fingerprint density at radius 3 is 2.94 bits per heavy atom. The lowest BCUT2D eigenvalue weighted by atomic mass is 10.2. The molecule has 1 unspecified atom stereocenters. The molecule has 3 N–H and O–H groups in total. The first-order valence-electron chi connectivity index (χ1n) is 5.50. The summed E-state index contributed by atoms with van der Waals surface area (Å²) in [5.41, 5.74) is 7.22. The summed E-state index contributed by atoms with van der Waals surface area (Å²) in [5.74, 6) is 0.436. The first kappa shape index (κ1) is 12.2. The molecule has 1 heterocycles. The smallest absolute Gasteiger partial charge is 0.221 e. The molecule has 1 aromatic heterocycles. The summed E-state index contributed by atoms with van der Waals surface area (Å²) in [6.45, 7) is 3.26. The van der Waals surface area contributed by atoms with Gasteiger partial charge in [-0.1, -0.05) is 6.07 Å². The monoisotopic (exact) mass is 246 g/mol. The van der Waals surface area contributed by atoms with Crippen molar-refractivity contribution in [2.45, 2.75) is 19.9 Å². The van der Waals surface area contributed by atoms with E-state index in [-0.39, 0.29) is 11.9 Å². The molecular formula is C11H14N6O. The number of amides is 1. The van der Waals surface area contributed by atoms with Crippen LogP contribution in [0.3, 0.4) is 0 Å². The minimum atomic E-state index is -0.274. The van der Waals surface area contributed by atoms with Crippen LogP contribution >= 0.6 is 0 Å². The molecule has 0 fully saturated rings. The molecule has 2 aromatic rings. The average molecular weight is 246 g/mol. The molecule has 7 heteroatoms. The third-order valence-corrected chi connectivity index (χ3v) is 2.31. The predicted molar refractivity (Wildman–Crippen MR) is 66.1 cm³/mol. The Kier molecular flexibility index (Phi) is 3.33. The van der Waals surface area contributed by atoms with Crippen molar-refractivity contribution in [3.05, 3.63) is 30.1 Å². The van der Waals surface area contributed by atoms with Crippen molar-refractivity contribution < 1.29 is 4.79 Å². The second-order valence-electron chi connectivity index (χ2n) is 3.97. The van der Waals surface area contributed by atoms with E-state index in [0.29, 0.717) is 11.5 Å². The molecule has 7 nitrogen and oxygen atoms in total. The topological polar surface area (TPSA) is 98.7 Å². The molecule has 0 saturated carbocycles. The van der Waals surface area contributed by atoms with E-state index in [1.165, 1.54) is 6.92 Å². The van der Waals surface area contributed by atoms with Crippen LogP contribution in [0.4, 0.5) is 5.69 Å². The number of hydrogen-bond acceptors (Lipinski definition) is 5. The van der Waals surface area contributed by atoms with E-state index in [4.69, 9.17) is 5.73 Å². The molecule has 18 heavy (non-hydrogen) atoms. The Morgan fingerprint density at radius 2 is 2.28 bits per heavy atom. The van der Waals surface area contributed by atoms with Gasteiger partial charge in [-0.05, 0) is 35.5 Å². The minimum Gasteiger partial charge on any atom is -0.326 e. The lowest BCUT2D eigenvalue weighted by molar-refractivity contribution is -0.114. The largest absolute Gasteiger partial charge is 0.326 e. The van der Waals surface area contributed by atoms with Crippen LogP contribution in [0.25, 0.3) is 5.69 Å². The second-order valence-corrected chi connectivity index (χ2v) is 3.97. The Balaban J connectivity index is 2.38. The molecular weight excluding hydrogens is 232 g/mol.